The van der Waals surface area contributed by atoms with Gasteiger partial charge in [0.15, 0.2) is 0 Å². The van der Waals surface area contributed by atoms with E-state index in [2.05, 4.69) is 10.3 Å². The summed E-state index contributed by atoms with van der Waals surface area (Å²) in [5, 5.41) is 22.2. The van der Waals surface area contributed by atoms with E-state index >= 15 is 0 Å². The Kier molecular flexibility index (Phi) is 3.77. The molecule has 1 N–H and O–H groups in total. The Labute approximate surface area is 114 Å². The highest BCUT2D eigenvalue weighted by Gasteiger charge is 2.12. The Hall–Kier alpha value is -3.14. The van der Waals surface area contributed by atoms with Crippen LogP contribution in [0.2, 0.25) is 0 Å². The average Bonchev–Trinajstić information content (AvgIpc) is 2.47. The van der Waals surface area contributed by atoms with Gasteiger partial charge in [0, 0.05) is 7.05 Å². The van der Waals surface area contributed by atoms with Crippen molar-refractivity contribution in [2.75, 3.05) is 12.4 Å². The minimum atomic E-state index is -0.520. The van der Waals surface area contributed by atoms with Crippen LogP contribution in [-0.2, 0) is 0 Å². The van der Waals surface area contributed by atoms with Gasteiger partial charge in [-0.05, 0) is 24.3 Å². The Balaban J connectivity index is 2.30. The topological polar surface area (TPSA) is 101 Å². The summed E-state index contributed by atoms with van der Waals surface area (Å²) in [6, 6.07) is 10.9. The molecule has 0 saturated carbocycles. The largest absolute Gasteiger partial charge is 0.439 e. The quantitative estimate of drug-likeness (QED) is 0.677. The molecule has 100 valence electrons. The smallest absolute Gasteiger partial charge is 0.278 e. The van der Waals surface area contributed by atoms with Crippen LogP contribution in [0.3, 0.4) is 0 Å². The SMILES string of the molecule is CNc1cc([N+](=O)[O-])cc(Oc2ccc(C#N)cc2)n1. The molecule has 1 aromatic heterocycles. The number of ether oxygens (including phenoxy) is 1. The zero-order chi connectivity index (χ0) is 14.5. The lowest BCUT2D eigenvalue weighted by molar-refractivity contribution is -0.384. The monoisotopic (exact) mass is 270 g/mol. The van der Waals surface area contributed by atoms with Crippen molar-refractivity contribution in [1.29, 1.82) is 5.26 Å². The van der Waals surface area contributed by atoms with E-state index in [0.29, 0.717) is 17.1 Å². The predicted octanol–water partition coefficient (Wildman–Crippen LogP) is 2.70. The summed E-state index contributed by atoms with van der Waals surface area (Å²) in [7, 11) is 1.61. The van der Waals surface area contributed by atoms with Crippen molar-refractivity contribution in [2.45, 2.75) is 0 Å². The summed E-state index contributed by atoms with van der Waals surface area (Å²) in [5.74, 6) is 0.884. The number of hydrogen-bond donors (Lipinski definition) is 1. The Morgan fingerprint density at radius 1 is 1.35 bits per heavy atom. The van der Waals surface area contributed by atoms with Gasteiger partial charge in [-0.25, -0.2) is 0 Å². The second-order valence-corrected chi connectivity index (χ2v) is 3.79. The number of nitriles is 1. The fourth-order valence-corrected chi connectivity index (χ4v) is 1.50. The van der Waals surface area contributed by atoms with Crippen LogP contribution in [0, 0.1) is 21.4 Å². The maximum Gasteiger partial charge on any atom is 0.278 e. The second kappa shape index (κ2) is 5.67. The minimum Gasteiger partial charge on any atom is -0.439 e. The van der Waals surface area contributed by atoms with Crippen molar-refractivity contribution in [2.24, 2.45) is 0 Å². The van der Waals surface area contributed by atoms with Crippen LogP contribution in [0.25, 0.3) is 0 Å². The minimum absolute atomic E-state index is 0.105. The Morgan fingerprint density at radius 3 is 2.60 bits per heavy atom. The highest BCUT2D eigenvalue weighted by molar-refractivity contribution is 5.48. The van der Waals surface area contributed by atoms with Crippen LogP contribution in [0.15, 0.2) is 36.4 Å². The van der Waals surface area contributed by atoms with Gasteiger partial charge >= 0.3 is 0 Å². The molecule has 1 heterocycles. The van der Waals surface area contributed by atoms with Gasteiger partial charge in [-0.3, -0.25) is 10.1 Å². The molecule has 1 aromatic carbocycles. The molecule has 0 amide bonds. The van der Waals surface area contributed by atoms with Crippen molar-refractivity contribution in [3.05, 3.63) is 52.1 Å². The van der Waals surface area contributed by atoms with Crippen LogP contribution in [-0.4, -0.2) is 17.0 Å². The van der Waals surface area contributed by atoms with Gasteiger partial charge in [0.05, 0.1) is 28.7 Å². The van der Waals surface area contributed by atoms with Gasteiger partial charge in [0.2, 0.25) is 5.88 Å². The number of pyridine rings is 1. The lowest BCUT2D eigenvalue weighted by atomic mass is 10.2. The molecule has 0 atom stereocenters. The highest BCUT2D eigenvalue weighted by Crippen LogP contribution is 2.26. The third kappa shape index (κ3) is 3.00. The lowest BCUT2D eigenvalue weighted by Crippen LogP contribution is -1.98. The Morgan fingerprint density at radius 2 is 2.05 bits per heavy atom. The van der Waals surface area contributed by atoms with Crippen LogP contribution in [0.5, 0.6) is 11.6 Å². The van der Waals surface area contributed by atoms with E-state index in [1.54, 1.807) is 31.3 Å². The zero-order valence-corrected chi connectivity index (χ0v) is 10.5. The van der Waals surface area contributed by atoms with Crippen molar-refractivity contribution in [3.63, 3.8) is 0 Å². The number of aromatic nitrogens is 1. The normalized spacial score (nSPS) is 9.60. The molecule has 0 spiro atoms. The number of benzene rings is 1. The van der Waals surface area contributed by atoms with Crippen LogP contribution in [0.1, 0.15) is 5.56 Å². The van der Waals surface area contributed by atoms with Gasteiger partial charge in [-0.2, -0.15) is 10.2 Å². The molecule has 2 rings (SSSR count). The number of nitrogens with one attached hydrogen (secondary N) is 1. The molecule has 0 unspecified atom stereocenters. The predicted molar refractivity (Wildman–Crippen MR) is 71.7 cm³/mol. The van der Waals surface area contributed by atoms with Crippen molar-refractivity contribution in [1.82, 2.24) is 4.98 Å². The number of nitro groups is 1. The summed E-state index contributed by atoms with van der Waals surface area (Å²) < 4.78 is 5.45. The standard InChI is InChI=1S/C13H10N4O3/c1-15-12-6-10(17(18)19)7-13(16-12)20-11-4-2-9(8-14)3-5-11/h2-7H,1H3,(H,15,16). The molecule has 0 radical (unpaired) electrons. The summed E-state index contributed by atoms with van der Waals surface area (Å²) in [6.45, 7) is 0. The first-order chi connectivity index (χ1) is 9.62. The first-order valence-electron chi connectivity index (χ1n) is 5.64. The zero-order valence-electron chi connectivity index (χ0n) is 10.5. The molecule has 7 nitrogen and oxygen atoms in total. The Bertz CT molecular complexity index is 677. The molecular weight excluding hydrogens is 260 g/mol. The van der Waals surface area contributed by atoms with E-state index in [9.17, 15) is 10.1 Å². The average molecular weight is 270 g/mol. The maximum atomic E-state index is 10.8. The van der Waals surface area contributed by atoms with E-state index in [1.165, 1.54) is 12.1 Å². The molecule has 0 aliphatic heterocycles. The number of nitrogens with zero attached hydrogens (tertiary/aromatic N) is 3. The van der Waals surface area contributed by atoms with Crippen LogP contribution >= 0.6 is 0 Å². The summed E-state index contributed by atoms with van der Waals surface area (Å²) in [6.07, 6.45) is 0. The molecule has 7 heteroatoms. The third-order valence-electron chi connectivity index (χ3n) is 2.46. The van der Waals surface area contributed by atoms with E-state index in [4.69, 9.17) is 10.00 Å². The van der Waals surface area contributed by atoms with Crippen molar-refractivity contribution in [3.8, 4) is 17.7 Å². The van der Waals surface area contributed by atoms with E-state index in [0.717, 1.165) is 0 Å². The summed E-state index contributed by atoms with van der Waals surface area (Å²) in [5.41, 5.74) is 0.383. The first-order valence-corrected chi connectivity index (χ1v) is 5.64. The van der Waals surface area contributed by atoms with E-state index in [-0.39, 0.29) is 11.6 Å². The number of rotatable bonds is 4. The third-order valence-corrected chi connectivity index (χ3v) is 2.46. The molecule has 20 heavy (non-hydrogen) atoms. The molecule has 2 aromatic rings. The molecular formula is C13H10N4O3. The summed E-state index contributed by atoms with van der Waals surface area (Å²) >= 11 is 0. The molecule has 0 aliphatic carbocycles. The lowest BCUT2D eigenvalue weighted by Gasteiger charge is -2.06. The van der Waals surface area contributed by atoms with Gasteiger partial charge in [0.1, 0.15) is 11.6 Å². The molecule has 0 aliphatic rings. The molecule has 0 saturated heterocycles. The maximum absolute atomic E-state index is 10.8. The van der Waals surface area contributed by atoms with Gasteiger partial charge in [0.25, 0.3) is 5.69 Å². The second-order valence-electron chi connectivity index (χ2n) is 3.79. The summed E-state index contributed by atoms with van der Waals surface area (Å²) in [4.78, 5) is 14.4. The van der Waals surface area contributed by atoms with Crippen LogP contribution in [0.4, 0.5) is 11.5 Å². The fraction of sp³-hybridized carbons (Fsp3) is 0.0769. The highest BCUT2D eigenvalue weighted by atomic mass is 16.6. The van der Waals surface area contributed by atoms with Crippen molar-refractivity contribution < 1.29 is 9.66 Å². The van der Waals surface area contributed by atoms with E-state index < -0.39 is 4.92 Å². The molecule has 0 bridgehead atoms. The number of anilines is 1. The van der Waals surface area contributed by atoms with Crippen molar-refractivity contribution >= 4 is 11.5 Å². The van der Waals surface area contributed by atoms with Gasteiger partial charge in [-0.1, -0.05) is 0 Å². The van der Waals surface area contributed by atoms with E-state index in [1.807, 2.05) is 6.07 Å². The fourth-order valence-electron chi connectivity index (χ4n) is 1.50. The van der Waals surface area contributed by atoms with Crippen LogP contribution < -0.4 is 10.1 Å². The molecule has 0 fully saturated rings. The van der Waals surface area contributed by atoms with Gasteiger partial charge in [-0.15, -0.1) is 0 Å². The van der Waals surface area contributed by atoms with Gasteiger partial charge < -0.3 is 10.1 Å². The first kappa shape index (κ1) is 13.3. The number of hydrogen-bond acceptors (Lipinski definition) is 6.